The lowest BCUT2D eigenvalue weighted by Crippen LogP contribution is -2.50. The van der Waals surface area contributed by atoms with Gasteiger partial charge < -0.3 is 20.6 Å². The van der Waals surface area contributed by atoms with E-state index in [9.17, 15) is 20.1 Å². The molecule has 0 bridgehead atoms. The molecule has 0 aliphatic carbocycles. The highest BCUT2D eigenvalue weighted by Gasteiger charge is 2.26. The van der Waals surface area contributed by atoms with Crippen molar-refractivity contribution in [3.63, 3.8) is 0 Å². The van der Waals surface area contributed by atoms with E-state index in [4.69, 9.17) is 0 Å². The van der Waals surface area contributed by atoms with Crippen LogP contribution in [0.25, 0.3) is 0 Å². The predicted octanol–water partition coefficient (Wildman–Crippen LogP) is 17.7. The molecule has 0 spiro atoms. The van der Waals surface area contributed by atoms with Crippen molar-refractivity contribution in [1.29, 1.82) is 0 Å². The number of carbonyl (C=O) groups is 1. The molecule has 63 heavy (non-hydrogen) atoms. The number of hydrogen-bond acceptors (Lipinski definition) is 4. The number of amides is 1. The Labute approximate surface area is 394 Å². The molecule has 0 heterocycles. The van der Waals surface area contributed by atoms with E-state index >= 15 is 0 Å². The summed E-state index contributed by atoms with van der Waals surface area (Å²) >= 11 is 0. The van der Waals surface area contributed by atoms with Crippen LogP contribution in [0.4, 0.5) is 0 Å². The van der Waals surface area contributed by atoms with Crippen LogP contribution in [0.2, 0.25) is 0 Å². The average Bonchev–Trinajstić information content (AvgIpc) is 3.29. The molecular formula is C58H113NO4. The van der Waals surface area contributed by atoms with E-state index in [0.29, 0.717) is 12.8 Å². The van der Waals surface area contributed by atoms with Gasteiger partial charge in [0.05, 0.1) is 18.8 Å². The lowest BCUT2D eigenvalue weighted by atomic mass is 10.0. The number of carbonyl (C=O) groups excluding carboxylic acids is 1. The van der Waals surface area contributed by atoms with Gasteiger partial charge in [0.25, 0.3) is 0 Å². The summed E-state index contributed by atoms with van der Waals surface area (Å²) in [4.78, 5) is 12.5. The van der Waals surface area contributed by atoms with Crippen molar-refractivity contribution < 1.29 is 20.1 Å². The second-order valence-corrected chi connectivity index (χ2v) is 19.8. The molecule has 0 saturated carbocycles. The van der Waals surface area contributed by atoms with Gasteiger partial charge in [-0.2, -0.15) is 0 Å². The second kappa shape index (κ2) is 53.4. The Morgan fingerprint density at radius 3 is 0.921 bits per heavy atom. The average molecular weight is 889 g/mol. The summed E-state index contributed by atoms with van der Waals surface area (Å²) in [6.45, 7) is 4.21. The van der Waals surface area contributed by atoms with Crippen molar-refractivity contribution in [1.82, 2.24) is 5.32 Å². The zero-order valence-electron chi connectivity index (χ0n) is 42.7. The summed E-state index contributed by atoms with van der Waals surface area (Å²) in [5.41, 5.74) is 0. The third-order valence-corrected chi connectivity index (χ3v) is 13.5. The van der Waals surface area contributed by atoms with Gasteiger partial charge in [0.15, 0.2) is 0 Å². The minimum Gasteiger partial charge on any atom is -0.394 e. The van der Waals surface area contributed by atoms with E-state index in [2.05, 4.69) is 43.5 Å². The molecular weight excluding hydrogens is 775 g/mol. The smallest absolute Gasteiger partial charge is 0.220 e. The van der Waals surface area contributed by atoms with Crippen molar-refractivity contribution in [2.45, 2.75) is 334 Å². The van der Waals surface area contributed by atoms with Gasteiger partial charge in [-0.1, -0.05) is 269 Å². The minimum absolute atomic E-state index is 0.150. The fourth-order valence-electron chi connectivity index (χ4n) is 9.10. The maximum absolute atomic E-state index is 12.5. The van der Waals surface area contributed by atoms with E-state index in [0.717, 1.165) is 38.5 Å². The maximum atomic E-state index is 12.5. The van der Waals surface area contributed by atoms with E-state index in [1.54, 1.807) is 0 Å². The Morgan fingerprint density at radius 2 is 0.635 bits per heavy atom. The molecule has 5 nitrogen and oxygen atoms in total. The Hall–Kier alpha value is -1.17. The third kappa shape index (κ3) is 48.6. The van der Waals surface area contributed by atoms with E-state index in [-0.39, 0.29) is 12.5 Å². The van der Waals surface area contributed by atoms with Gasteiger partial charge in [0, 0.05) is 6.42 Å². The summed E-state index contributed by atoms with van der Waals surface area (Å²) in [6, 6.07) is -0.825. The van der Waals surface area contributed by atoms with Crippen LogP contribution in [0, 0.1) is 0 Å². The van der Waals surface area contributed by atoms with Gasteiger partial charge >= 0.3 is 0 Å². The Bertz CT molecular complexity index is 936. The second-order valence-electron chi connectivity index (χ2n) is 19.8. The SMILES string of the molecule is CCCCCCCCCCCCCC/C=C\CCCCCCCCCCCCCCC(=O)NC(CO)C(O)C(O)CCC/C=C/CCCCCCCCCCCCCCCCCC. The third-order valence-electron chi connectivity index (χ3n) is 13.5. The van der Waals surface area contributed by atoms with E-state index < -0.39 is 18.2 Å². The van der Waals surface area contributed by atoms with Crippen molar-refractivity contribution in [2.75, 3.05) is 6.61 Å². The summed E-state index contributed by atoms with van der Waals surface area (Å²) in [5, 5.41) is 33.7. The van der Waals surface area contributed by atoms with E-state index in [1.807, 2.05) is 0 Å². The molecule has 0 aromatic rings. The van der Waals surface area contributed by atoms with Crippen molar-refractivity contribution in [3.8, 4) is 0 Å². The molecule has 0 aliphatic heterocycles. The fraction of sp³-hybridized carbons (Fsp3) is 0.914. The molecule has 0 radical (unpaired) electrons. The molecule has 0 fully saturated rings. The predicted molar refractivity (Wildman–Crippen MR) is 278 cm³/mol. The molecule has 0 rings (SSSR count). The summed E-state index contributed by atoms with van der Waals surface area (Å²) in [6.07, 6.45) is 67.7. The molecule has 0 aromatic carbocycles. The first-order valence-electron chi connectivity index (χ1n) is 28.6. The van der Waals surface area contributed by atoms with Crippen molar-refractivity contribution in [2.24, 2.45) is 0 Å². The zero-order valence-corrected chi connectivity index (χ0v) is 42.7. The lowest BCUT2D eigenvalue weighted by molar-refractivity contribution is -0.124. The molecule has 5 heteroatoms. The number of aliphatic hydroxyl groups excluding tert-OH is 3. The summed E-state index contributed by atoms with van der Waals surface area (Å²) in [7, 11) is 0. The number of unbranched alkanes of at least 4 members (excludes halogenated alkanes) is 41. The van der Waals surface area contributed by atoms with Gasteiger partial charge in [-0.05, 0) is 64.2 Å². The van der Waals surface area contributed by atoms with Crippen LogP contribution in [-0.2, 0) is 4.79 Å². The normalized spacial score (nSPS) is 13.4. The van der Waals surface area contributed by atoms with E-state index in [1.165, 1.54) is 250 Å². The Balaban J connectivity index is 3.55. The number of rotatable bonds is 53. The van der Waals surface area contributed by atoms with Crippen LogP contribution >= 0.6 is 0 Å². The largest absolute Gasteiger partial charge is 0.394 e. The molecule has 0 aromatic heterocycles. The topological polar surface area (TPSA) is 89.8 Å². The number of nitrogens with one attached hydrogen (secondary N) is 1. The van der Waals surface area contributed by atoms with Crippen LogP contribution in [0.3, 0.4) is 0 Å². The number of aliphatic hydroxyl groups is 3. The minimum atomic E-state index is -1.16. The molecule has 1 amide bonds. The summed E-state index contributed by atoms with van der Waals surface area (Å²) < 4.78 is 0. The van der Waals surface area contributed by atoms with Gasteiger partial charge in [-0.15, -0.1) is 0 Å². The lowest BCUT2D eigenvalue weighted by Gasteiger charge is -2.26. The summed E-state index contributed by atoms with van der Waals surface area (Å²) in [5.74, 6) is -0.150. The Kier molecular flexibility index (Phi) is 52.5. The maximum Gasteiger partial charge on any atom is 0.220 e. The highest BCUT2D eigenvalue weighted by atomic mass is 16.3. The van der Waals surface area contributed by atoms with Crippen molar-refractivity contribution in [3.05, 3.63) is 24.3 Å². The monoisotopic (exact) mass is 888 g/mol. The first kappa shape index (κ1) is 61.8. The van der Waals surface area contributed by atoms with Gasteiger partial charge in [-0.3, -0.25) is 4.79 Å². The standard InChI is InChI=1S/C58H113NO4/c1-3-5-7-9-11-13-15-17-19-21-23-25-26-27-28-29-30-31-33-35-37-39-41-43-45-47-49-51-53-57(62)59-55(54-60)58(63)56(61)52-50-48-46-44-42-40-38-36-34-32-24-22-20-18-16-14-12-10-8-6-4-2/h27-28,44,46,55-56,58,60-61,63H,3-26,29-43,45,47-54H2,1-2H3,(H,59,62)/b28-27-,46-44+. The highest BCUT2D eigenvalue weighted by molar-refractivity contribution is 5.76. The quantitative estimate of drug-likeness (QED) is 0.0362. The first-order valence-corrected chi connectivity index (χ1v) is 28.6. The first-order chi connectivity index (χ1) is 31.1. The molecule has 3 atom stereocenters. The number of hydrogen-bond donors (Lipinski definition) is 4. The molecule has 0 saturated heterocycles. The number of allylic oxidation sites excluding steroid dienone is 4. The fourth-order valence-corrected chi connectivity index (χ4v) is 9.10. The van der Waals surface area contributed by atoms with Gasteiger partial charge in [0.2, 0.25) is 5.91 Å². The highest BCUT2D eigenvalue weighted by Crippen LogP contribution is 2.17. The van der Waals surface area contributed by atoms with Gasteiger partial charge in [-0.25, -0.2) is 0 Å². The van der Waals surface area contributed by atoms with Crippen LogP contribution in [-0.4, -0.2) is 46.1 Å². The molecule has 374 valence electrons. The van der Waals surface area contributed by atoms with Crippen LogP contribution < -0.4 is 5.32 Å². The van der Waals surface area contributed by atoms with Gasteiger partial charge in [0.1, 0.15) is 6.10 Å². The molecule has 0 aliphatic rings. The molecule has 3 unspecified atom stereocenters. The van der Waals surface area contributed by atoms with Crippen LogP contribution in [0.5, 0.6) is 0 Å². The van der Waals surface area contributed by atoms with Crippen LogP contribution in [0.15, 0.2) is 24.3 Å². The Morgan fingerprint density at radius 1 is 0.381 bits per heavy atom. The van der Waals surface area contributed by atoms with Crippen LogP contribution in [0.1, 0.15) is 316 Å². The van der Waals surface area contributed by atoms with Crippen molar-refractivity contribution >= 4 is 5.91 Å². The molecule has 4 N–H and O–H groups in total. The zero-order chi connectivity index (χ0) is 45.8.